The lowest BCUT2D eigenvalue weighted by Crippen LogP contribution is -2.49. The van der Waals surface area contributed by atoms with Crippen molar-refractivity contribution in [2.75, 3.05) is 30.4 Å². The number of ether oxygens (including phenoxy) is 1. The molecule has 1 fully saturated rings. The molecule has 0 radical (unpaired) electrons. The summed E-state index contributed by atoms with van der Waals surface area (Å²) in [6.45, 7) is 0.743. The van der Waals surface area contributed by atoms with Crippen LogP contribution < -0.4 is 15.0 Å². The molecule has 0 aliphatic carbocycles. The first-order chi connectivity index (χ1) is 17.1. The summed E-state index contributed by atoms with van der Waals surface area (Å²) in [6.07, 6.45) is 2.00. The Morgan fingerprint density at radius 3 is 2.53 bits per heavy atom. The molecule has 0 saturated carbocycles. The number of amides is 2. The molecule has 186 valence electrons. The molecular formula is C24H19ClF3N5O3. The lowest BCUT2D eigenvalue weighted by Gasteiger charge is -2.36. The molecule has 2 aromatic heterocycles. The van der Waals surface area contributed by atoms with Gasteiger partial charge in [-0.25, -0.2) is 9.37 Å². The van der Waals surface area contributed by atoms with Crippen molar-refractivity contribution in [1.82, 2.24) is 14.9 Å². The van der Waals surface area contributed by atoms with Crippen LogP contribution in [0.15, 0.2) is 48.8 Å². The van der Waals surface area contributed by atoms with Crippen LogP contribution in [0.4, 0.5) is 24.7 Å². The number of benzene rings is 1. The molecule has 0 spiro atoms. The minimum Gasteiger partial charge on any atom is -0.420 e. The number of halogens is 4. The number of aromatic nitrogens is 2. The predicted octanol–water partition coefficient (Wildman–Crippen LogP) is 4.31. The Morgan fingerprint density at radius 2 is 1.86 bits per heavy atom. The SMILES string of the molecule is CN1Cc2ncc(-c3cc(C(=O)Nc4ccc(OC(F)(F)Cl)cc4)cnc3N3CC(F)C3)cc2C1=O. The second-order valence-electron chi connectivity index (χ2n) is 8.50. The fourth-order valence-electron chi connectivity index (χ4n) is 4.04. The Balaban J connectivity index is 1.43. The summed E-state index contributed by atoms with van der Waals surface area (Å²) in [6, 6.07) is 8.54. The Labute approximate surface area is 208 Å². The van der Waals surface area contributed by atoms with Crippen LogP contribution in [0, 0.1) is 0 Å². The van der Waals surface area contributed by atoms with Crippen molar-refractivity contribution in [1.29, 1.82) is 0 Å². The zero-order valence-corrected chi connectivity index (χ0v) is 19.6. The monoisotopic (exact) mass is 517 g/mol. The number of fused-ring (bicyclic) bond motifs is 1. The quantitative estimate of drug-likeness (QED) is 0.490. The molecule has 8 nitrogen and oxygen atoms in total. The van der Waals surface area contributed by atoms with E-state index in [9.17, 15) is 22.8 Å². The van der Waals surface area contributed by atoms with Crippen molar-refractivity contribution in [3.8, 4) is 16.9 Å². The largest absolute Gasteiger partial charge is 0.487 e. The Bertz CT molecular complexity index is 1340. The van der Waals surface area contributed by atoms with Crippen LogP contribution in [-0.4, -0.2) is 58.6 Å². The zero-order chi connectivity index (χ0) is 25.6. The first kappa shape index (κ1) is 23.9. The molecule has 0 unspecified atom stereocenters. The third-order valence-corrected chi connectivity index (χ3v) is 5.93. The summed E-state index contributed by atoms with van der Waals surface area (Å²) in [5.41, 5.74) is -1.11. The second-order valence-corrected chi connectivity index (χ2v) is 8.94. The molecule has 4 heterocycles. The van der Waals surface area contributed by atoms with E-state index in [1.54, 1.807) is 35.2 Å². The molecule has 3 aromatic rings. The van der Waals surface area contributed by atoms with Crippen LogP contribution in [0.5, 0.6) is 5.75 Å². The minimum atomic E-state index is -3.85. The fraction of sp³-hybridized carbons (Fsp3) is 0.250. The summed E-state index contributed by atoms with van der Waals surface area (Å²) in [7, 11) is 1.68. The maximum Gasteiger partial charge on any atom is 0.487 e. The Hall–Kier alpha value is -3.86. The highest BCUT2D eigenvalue weighted by atomic mass is 35.5. The van der Waals surface area contributed by atoms with Gasteiger partial charge in [0.15, 0.2) is 0 Å². The van der Waals surface area contributed by atoms with E-state index in [0.717, 1.165) is 0 Å². The van der Waals surface area contributed by atoms with E-state index >= 15 is 0 Å². The van der Waals surface area contributed by atoms with Gasteiger partial charge in [-0.3, -0.25) is 14.6 Å². The first-order valence-electron chi connectivity index (χ1n) is 10.9. The number of nitrogens with one attached hydrogen (secondary N) is 1. The number of pyridine rings is 2. The van der Waals surface area contributed by atoms with Gasteiger partial charge in [0.05, 0.1) is 36.5 Å². The highest BCUT2D eigenvalue weighted by Crippen LogP contribution is 2.35. The van der Waals surface area contributed by atoms with E-state index in [1.807, 2.05) is 0 Å². The number of nitrogens with zero attached hydrogens (tertiary/aromatic N) is 4. The van der Waals surface area contributed by atoms with E-state index in [2.05, 4.69) is 20.0 Å². The van der Waals surface area contributed by atoms with E-state index in [0.29, 0.717) is 40.4 Å². The molecule has 1 N–H and O–H groups in total. The molecule has 36 heavy (non-hydrogen) atoms. The van der Waals surface area contributed by atoms with Crippen LogP contribution in [0.3, 0.4) is 0 Å². The molecule has 2 amide bonds. The van der Waals surface area contributed by atoms with Crippen molar-refractivity contribution >= 4 is 34.9 Å². The van der Waals surface area contributed by atoms with Crippen LogP contribution in [-0.2, 0) is 6.54 Å². The molecular weight excluding hydrogens is 499 g/mol. The van der Waals surface area contributed by atoms with Gasteiger partial charge in [-0.1, -0.05) is 0 Å². The van der Waals surface area contributed by atoms with Crippen molar-refractivity contribution < 1.29 is 27.5 Å². The molecule has 0 atom stereocenters. The van der Waals surface area contributed by atoms with Gasteiger partial charge in [0.25, 0.3) is 11.8 Å². The number of anilines is 2. The normalized spacial score (nSPS) is 15.5. The summed E-state index contributed by atoms with van der Waals surface area (Å²) in [5, 5.41) is 2.66. The van der Waals surface area contributed by atoms with Crippen molar-refractivity contribution in [2.24, 2.45) is 0 Å². The number of hydrogen-bond donors (Lipinski definition) is 1. The molecule has 2 aliphatic heterocycles. The predicted molar refractivity (Wildman–Crippen MR) is 126 cm³/mol. The van der Waals surface area contributed by atoms with E-state index in [1.165, 1.54) is 30.5 Å². The third-order valence-electron chi connectivity index (χ3n) is 5.86. The average molecular weight is 518 g/mol. The molecule has 1 aromatic carbocycles. The number of rotatable bonds is 6. The molecule has 1 saturated heterocycles. The van der Waals surface area contributed by atoms with E-state index in [4.69, 9.17) is 11.6 Å². The fourth-order valence-corrected chi connectivity index (χ4v) is 4.13. The number of carbonyl (C=O) groups excluding carboxylic acids is 2. The van der Waals surface area contributed by atoms with Gasteiger partial charge >= 0.3 is 5.57 Å². The summed E-state index contributed by atoms with van der Waals surface area (Å²) in [5.74, 6) is -0.366. The van der Waals surface area contributed by atoms with Crippen LogP contribution in [0.25, 0.3) is 11.1 Å². The highest BCUT2D eigenvalue weighted by molar-refractivity contribution is 6.20. The lowest BCUT2D eigenvalue weighted by atomic mass is 10.0. The van der Waals surface area contributed by atoms with Gasteiger partial charge < -0.3 is 19.9 Å². The number of hydrogen-bond acceptors (Lipinski definition) is 6. The Kier molecular flexibility index (Phi) is 5.95. The minimum absolute atomic E-state index is 0.158. The van der Waals surface area contributed by atoms with Crippen molar-refractivity contribution in [2.45, 2.75) is 18.3 Å². The maximum absolute atomic E-state index is 13.6. The van der Waals surface area contributed by atoms with Gasteiger partial charge in [-0.2, -0.15) is 0 Å². The number of alkyl halides is 4. The van der Waals surface area contributed by atoms with Crippen molar-refractivity contribution in [3.63, 3.8) is 0 Å². The van der Waals surface area contributed by atoms with Gasteiger partial charge in [0.1, 0.15) is 17.7 Å². The van der Waals surface area contributed by atoms with Crippen LogP contribution >= 0.6 is 11.6 Å². The lowest BCUT2D eigenvalue weighted by molar-refractivity contribution is -0.0964. The van der Waals surface area contributed by atoms with Gasteiger partial charge in [0, 0.05) is 47.9 Å². The van der Waals surface area contributed by atoms with Gasteiger partial charge in [-0.15, -0.1) is 8.78 Å². The highest BCUT2D eigenvalue weighted by Gasteiger charge is 2.31. The summed E-state index contributed by atoms with van der Waals surface area (Å²) >= 11 is 4.76. The van der Waals surface area contributed by atoms with E-state index in [-0.39, 0.29) is 30.3 Å². The van der Waals surface area contributed by atoms with Gasteiger partial charge in [0.2, 0.25) is 0 Å². The number of carbonyl (C=O) groups is 2. The standard InChI is InChI=1S/C24H19ClF3N5O3/c1-32-12-20-19(23(32)35)6-13(8-29-20)18-7-14(9-30-21(18)33-10-15(26)11-33)22(34)31-16-2-4-17(5-3-16)36-24(25,27)28/h2-9,15H,10-12H2,1H3,(H,31,34). The molecule has 12 heteroatoms. The van der Waals surface area contributed by atoms with E-state index < -0.39 is 17.6 Å². The molecule has 5 rings (SSSR count). The summed E-state index contributed by atoms with van der Waals surface area (Å²) < 4.78 is 43.4. The second kappa shape index (κ2) is 8.98. The topological polar surface area (TPSA) is 87.7 Å². The van der Waals surface area contributed by atoms with Gasteiger partial charge in [-0.05, 0) is 36.4 Å². The molecule has 2 aliphatic rings. The average Bonchev–Trinajstić information content (AvgIpc) is 3.10. The van der Waals surface area contributed by atoms with Crippen LogP contribution in [0.2, 0.25) is 0 Å². The van der Waals surface area contributed by atoms with Crippen LogP contribution in [0.1, 0.15) is 26.4 Å². The smallest absolute Gasteiger partial charge is 0.420 e. The maximum atomic E-state index is 13.6. The summed E-state index contributed by atoms with van der Waals surface area (Å²) in [4.78, 5) is 37.5. The molecule has 0 bridgehead atoms. The zero-order valence-electron chi connectivity index (χ0n) is 18.8. The Morgan fingerprint density at radius 1 is 1.14 bits per heavy atom. The third kappa shape index (κ3) is 4.78. The first-order valence-corrected chi connectivity index (χ1v) is 11.3. The van der Waals surface area contributed by atoms with Crippen molar-refractivity contribution in [3.05, 3.63) is 65.6 Å².